The topological polar surface area (TPSA) is 9.23 Å². The first-order valence-electron chi connectivity index (χ1n) is 6.04. The highest BCUT2D eigenvalue weighted by molar-refractivity contribution is 6.69. The maximum Gasteiger partial charge on any atom is 0.184 e. The van der Waals surface area contributed by atoms with Crippen molar-refractivity contribution < 1.29 is 4.43 Å². The van der Waals surface area contributed by atoms with Crippen LogP contribution in [0.1, 0.15) is 39.5 Å². The molecule has 14 heavy (non-hydrogen) atoms. The molecule has 2 unspecified atom stereocenters. The largest absolute Gasteiger partial charge is 0.415 e. The molecule has 0 bridgehead atoms. The highest BCUT2D eigenvalue weighted by Gasteiger charge is 2.29. The molecule has 0 radical (unpaired) electrons. The van der Waals surface area contributed by atoms with Gasteiger partial charge in [-0.3, -0.25) is 0 Å². The molecule has 0 aromatic heterocycles. The van der Waals surface area contributed by atoms with Gasteiger partial charge in [0.25, 0.3) is 0 Å². The van der Waals surface area contributed by atoms with Gasteiger partial charge in [0.05, 0.1) is 0 Å². The zero-order valence-electron chi connectivity index (χ0n) is 10.5. The monoisotopic (exact) mass is 214 g/mol. The van der Waals surface area contributed by atoms with Gasteiger partial charge in [-0.1, -0.05) is 13.8 Å². The fourth-order valence-electron chi connectivity index (χ4n) is 2.52. The van der Waals surface area contributed by atoms with Crippen LogP contribution in [-0.4, -0.2) is 14.4 Å². The van der Waals surface area contributed by atoms with Crippen molar-refractivity contribution in [1.29, 1.82) is 0 Å². The molecule has 2 atom stereocenters. The molecule has 2 heteroatoms. The first-order valence-corrected chi connectivity index (χ1v) is 9.45. The van der Waals surface area contributed by atoms with Crippen LogP contribution in [-0.2, 0) is 4.43 Å². The number of hydrogen-bond donors (Lipinski definition) is 0. The van der Waals surface area contributed by atoms with Crippen molar-refractivity contribution in [3.63, 3.8) is 0 Å². The second-order valence-electron chi connectivity index (χ2n) is 6.16. The highest BCUT2D eigenvalue weighted by Crippen LogP contribution is 2.33. The van der Waals surface area contributed by atoms with Gasteiger partial charge < -0.3 is 4.43 Å². The molecule has 0 saturated heterocycles. The third kappa shape index (κ3) is 4.60. The van der Waals surface area contributed by atoms with Crippen LogP contribution in [0, 0.1) is 11.8 Å². The average Bonchev–Trinajstić information content (AvgIpc) is 2.30. The zero-order chi connectivity index (χ0) is 10.8. The van der Waals surface area contributed by atoms with Crippen molar-refractivity contribution >= 4 is 8.32 Å². The molecule has 1 aliphatic carbocycles. The van der Waals surface area contributed by atoms with Crippen LogP contribution in [0.15, 0.2) is 0 Å². The van der Waals surface area contributed by atoms with E-state index in [2.05, 4.69) is 33.5 Å². The molecule has 0 aromatic rings. The van der Waals surface area contributed by atoms with Crippen molar-refractivity contribution in [2.45, 2.75) is 65.3 Å². The first kappa shape index (κ1) is 12.2. The van der Waals surface area contributed by atoms with Crippen molar-refractivity contribution in [3.8, 4) is 0 Å². The fraction of sp³-hybridized carbons (Fsp3) is 1.00. The molecular formula is C12H26OSi. The molecule has 0 aliphatic heterocycles. The van der Waals surface area contributed by atoms with E-state index in [1.165, 1.54) is 25.7 Å². The Morgan fingerprint density at radius 1 is 1.21 bits per heavy atom. The van der Waals surface area contributed by atoms with Gasteiger partial charge in [0.15, 0.2) is 8.32 Å². The van der Waals surface area contributed by atoms with Crippen LogP contribution < -0.4 is 0 Å². The van der Waals surface area contributed by atoms with E-state index in [0.717, 1.165) is 11.8 Å². The van der Waals surface area contributed by atoms with Gasteiger partial charge in [0.2, 0.25) is 0 Å². The molecule has 0 aromatic carbocycles. The summed E-state index contributed by atoms with van der Waals surface area (Å²) in [6.07, 6.45) is 6.01. The van der Waals surface area contributed by atoms with E-state index >= 15 is 0 Å². The summed E-state index contributed by atoms with van der Waals surface area (Å²) < 4.78 is 6.15. The predicted molar refractivity (Wildman–Crippen MR) is 65.0 cm³/mol. The molecule has 0 amide bonds. The minimum absolute atomic E-state index is 0.588. The van der Waals surface area contributed by atoms with Crippen LogP contribution >= 0.6 is 0 Å². The molecule has 1 rings (SSSR count). The maximum atomic E-state index is 6.15. The van der Waals surface area contributed by atoms with Crippen molar-refractivity contribution in [2.75, 3.05) is 0 Å². The Kier molecular flexibility index (Phi) is 4.20. The van der Waals surface area contributed by atoms with Crippen LogP contribution in [0.4, 0.5) is 0 Å². The lowest BCUT2D eigenvalue weighted by atomic mass is 9.96. The van der Waals surface area contributed by atoms with Crippen LogP contribution in [0.2, 0.25) is 19.6 Å². The number of rotatable bonds is 4. The molecule has 1 nitrogen and oxygen atoms in total. The van der Waals surface area contributed by atoms with Crippen LogP contribution in [0.5, 0.6) is 0 Å². The van der Waals surface area contributed by atoms with Crippen molar-refractivity contribution in [1.82, 2.24) is 0 Å². The van der Waals surface area contributed by atoms with E-state index < -0.39 is 8.32 Å². The minimum atomic E-state index is -1.29. The van der Waals surface area contributed by atoms with Gasteiger partial charge in [-0.05, 0) is 57.2 Å². The van der Waals surface area contributed by atoms with Crippen molar-refractivity contribution in [3.05, 3.63) is 0 Å². The maximum absolute atomic E-state index is 6.15. The molecule has 1 saturated carbocycles. The minimum Gasteiger partial charge on any atom is -0.415 e. The van der Waals surface area contributed by atoms with E-state index in [0.29, 0.717) is 6.10 Å². The van der Waals surface area contributed by atoms with Crippen molar-refractivity contribution in [2.24, 2.45) is 11.8 Å². The molecule has 0 heterocycles. The second kappa shape index (κ2) is 4.80. The van der Waals surface area contributed by atoms with Gasteiger partial charge in [0, 0.05) is 6.10 Å². The summed E-state index contributed by atoms with van der Waals surface area (Å²) in [5.41, 5.74) is 0. The summed E-state index contributed by atoms with van der Waals surface area (Å²) in [5, 5.41) is 0. The summed E-state index contributed by atoms with van der Waals surface area (Å²) in [4.78, 5) is 0. The molecule has 84 valence electrons. The Hall–Kier alpha value is 0.177. The van der Waals surface area contributed by atoms with E-state index in [4.69, 9.17) is 4.43 Å². The van der Waals surface area contributed by atoms with Gasteiger partial charge in [-0.15, -0.1) is 0 Å². The third-order valence-corrected chi connectivity index (χ3v) is 3.86. The zero-order valence-corrected chi connectivity index (χ0v) is 11.5. The lowest BCUT2D eigenvalue weighted by molar-refractivity contribution is 0.194. The Labute approximate surface area is 90.4 Å². The van der Waals surface area contributed by atoms with Gasteiger partial charge in [0.1, 0.15) is 0 Å². The van der Waals surface area contributed by atoms with E-state index in [9.17, 15) is 0 Å². The Balaban J connectivity index is 2.27. The fourth-order valence-corrected chi connectivity index (χ4v) is 3.73. The average molecular weight is 214 g/mol. The smallest absolute Gasteiger partial charge is 0.184 e. The molecule has 0 spiro atoms. The van der Waals surface area contributed by atoms with Gasteiger partial charge in [-0.25, -0.2) is 0 Å². The Morgan fingerprint density at radius 2 is 1.86 bits per heavy atom. The normalized spacial score (nSPS) is 28.7. The summed E-state index contributed by atoms with van der Waals surface area (Å²) in [6, 6.07) is 0. The summed E-state index contributed by atoms with van der Waals surface area (Å²) in [5.74, 6) is 1.79. The molecule has 1 fully saturated rings. The lowest BCUT2D eigenvalue weighted by Gasteiger charge is -2.23. The van der Waals surface area contributed by atoms with E-state index in [-0.39, 0.29) is 0 Å². The van der Waals surface area contributed by atoms with E-state index in [1.54, 1.807) is 0 Å². The summed E-state index contributed by atoms with van der Waals surface area (Å²) in [6.45, 7) is 11.5. The molecular weight excluding hydrogens is 188 g/mol. The quantitative estimate of drug-likeness (QED) is 0.641. The molecule has 0 N–H and O–H groups in total. The van der Waals surface area contributed by atoms with Gasteiger partial charge >= 0.3 is 0 Å². The summed E-state index contributed by atoms with van der Waals surface area (Å²) >= 11 is 0. The third-order valence-electron chi connectivity index (χ3n) is 2.82. The SMILES string of the molecule is CC(C)CC1CCC(O[Si](C)(C)C)C1. The standard InChI is InChI=1S/C12H26OSi/c1-10(2)8-11-6-7-12(9-11)13-14(3,4)5/h10-12H,6-9H2,1-5H3. The first-order chi connectivity index (χ1) is 6.37. The van der Waals surface area contributed by atoms with E-state index in [1.807, 2.05) is 0 Å². The molecule has 1 aliphatic rings. The summed E-state index contributed by atoms with van der Waals surface area (Å²) in [7, 11) is -1.29. The second-order valence-corrected chi connectivity index (χ2v) is 10.6. The number of hydrogen-bond acceptors (Lipinski definition) is 1. The highest BCUT2D eigenvalue weighted by atomic mass is 28.4. The van der Waals surface area contributed by atoms with Crippen LogP contribution in [0.3, 0.4) is 0 Å². The predicted octanol–water partition coefficient (Wildman–Crippen LogP) is 4.05. The van der Waals surface area contributed by atoms with Crippen LogP contribution in [0.25, 0.3) is 0 Å². The Bertz CT molecular complexity index is 172. The van der Waals surface area contributed by atoms with Gasteiger partial charge in [-0.2, -0.15) is 0 Å². The Morgan fingerprint density at radius 3 is 2.36 bits per heavy atom. The lowest BCUT2D eigenvalue weighted by Crippen LogP contribution is -2.30.